The smallest absolute Gasteiger partial charge is 0.320 e. The van der Waals surface area contributed by atoms with E-state index in [1.54, 1.807) is 0 Å². The minimum absolute atomic E-state index is 0.0990. The van der Waals surface area contributed by atoms with E-state index in [1.165, 1.54) is 7.11 Å². The molecular formula is C21H29NO4. The van der Waals surface area contributed by atoms with Gasteiger partial charge in [0.2, 0.25) is 0 Å². The molecule has 5 nitrogen and oxygen atoms in total. The lowest BCUT2D eigenvalue weighted by molar-refractivity contribution is -0.153. The van der Waals surface area contributed by atoms with Gasteiger partial charge in [0.1, 0.15) is 5.60 Å². The van der Waals surface area contributed by atoms with Crippen LogP contribution in [0.1, 0.15) is 54.2 Å². The lowest BCUT2D eigenvalue weighted by Gasteiger charge is -2.21. The quantitative estimate of drug-likeness (QED) is 0.625. The molecule has 0 radical (unpaired) electrons. The minimum atomic E-state index is -0.515. The van der Waals surface area contributed by atoms with Crippen LogP contribution in [0.3, 0.4) is 0 Å². The molecule has 0 spiro atoms. The molecule has 0 atom stereocenters. The van der Waals surface area contributed by atoms with Gasteiger partial charge in [0, 0.05) is 12.1 Å². The largest absolute Gasteiger partial charge is 0.469 e. The van der Waals surface area contributed by atoms with Crippen LogP contribution in [0.25, 0.3) is 0 Å². The molecule has 1 aromatic rings. The van der Waals surface area contributed by atoms with Crippen LogP contribution in [-0.4, -0.2) is 31.2 Å². The van der Waals surface area contributed by atoms with E-state index in [0.29, 0.717) is 6.54 Å². The van der Waals surface area contributed by atoms with Crippen molar-refractivity contribution in [2.24, 2.45) is 0 Å². The fraction of sp³-hybridized carbons (Fsp3) is 0.524. The molecule has 0 fully saturated rings. The summed E-state index contributed by atoms with van der Waals surface area (Å²) in [5.74, 6) is 2.10. The summed E-state index contributed by atoms with van der Waals surface area (Å²) < 4.78 is 10.1. The third-order valence-electron chi connectivity index (χ3n) is 4.24. The molecule has 0 unspecified atom stereocenters. The Hall–Kier alpha value is -2.32. The predicted octanol–water partition coefficient (Wildman–Crippen LogP) is 2.74. The Morgan fingerprint density at radius 2 is 1.62 bits per heavy atom. The van der Waals surface area contributed by atoms with Crippen LogP contribution in [-0.2, 0) is 32.0 Å². The molecule has 142 valence electrons. The fourth-order valence-corrected chi connectivity index (χ4v) is 2.96. The second-order valence-corrected chi connectivity index (χ2v) is 7.29. The second kappa shape index (κ2) is 8.86. The number of esters is 2. The highest BCUT2D eigenvalue weighted by molar-refractivity contribution is 5.75. The average molecular weight is 359 g/mol. The molecule has 1 rings (SSSR count). The topological polar surface area (TPSA) is 64.6 Å². The lowest BCUT2D eigenvalue weighted by Crippen LogP contribution is -2.31. The van der Waals surface area contributed by atoms with Crippen molar-refractivity contribution in [1.82, 2.24) is 5.32 Å². The van der Waals surface area contributed by atoms with Gasteiger partial charge in [-0.15, -0.1) is 6.42 Å². The number of methoxy groups -OCH3 is 1. The summed E-state index contributed by atoms with van der Waals surface area (Å²) in [6.45, 7) is 11.9. The summed E-state index contributed by atoms with van der Waals surface area (Å²) in [7, 11) is 1.37. The van der Waals surface area contributed by atoms with E-state index in [9.17, 15) is 9.59 Å². The lowest BCUT2D eigenvalue weighted by atomic mass is 9.87. The number of hydrogen-bond donors (Lipinski definition) is 1. The monoisotopic (exact) mass is 359 g/mol. The Balaban J connectivity index is 3.07. The van der Waals surface area contributed by atoms with Gasteiger partial charge in [-0.05, 0) is 69.4 Å². The van der Waals surface area contributed by atoms with Gasteiger partial charge in [0.05, 0.1) is 20.1 Å². The van der Waals surface area contributed by atoms with Crippen LogP contribution in [0.2, 0.25) is 0 Å². The van der Waals surface area contributed by atoms with E-state index in [1.807, 2.05) is 41.5 Å². The van der Waals surface area contributed by atoms with E-state index in [2.05, 4.69) is 11.2 Å². The third-order valence-corrected chi connectivity index (χ3v) is 4.24. The molecule has 0 heterocycles. The highest BCUT2D eigenvalue weighted by atomic mass is 16.6. The molecule has 0 saturated heterocycles. The van der Waals surface area contributed by atoms with E-state index in [-0.39, 0.29) is 24.9 Å². The summed E-state index contributed by atoms with van der Waals surface area (Å²) in [5, 5.41) is 3.11. The normalized spacial score (nSPS) is 11.0. The highest BCUT2D eigenvalue weighted by Crippen LogP contribution is 2.27. The van der Waals surface area contributed by atoms with Crippen molar-refractivity contribution in [3.8, 4) is 12.3 Å². The number of rotatable bonds is 6. The fourth-order valence-electron chi connectivity index (χ4n) is 2.96. The molecule has 0 aliphatic heterocycles. The van der Waals surface area contributed by atoms with Crippen molar-refractivity contribution in [2.45, 2.75) is 60.1 Å². The number of benzene rings is 1. The molecule has 5 heteroatoms. The van der Waals surface area contributed by atoms with E-state index in [0.717, 1.165) is 33.4 Å². The summed E-state index contributed by atoms with van der Waals surface area (Å²) in [5.41, 5.74) is 5.02. The summed E-state index contributed by atoms with van der Waals surface area (Å²) >= 11 is 0. The number of hydrogen-bond acceptors (Lipinski definition) is 5. The summed E-state index contributed by atoms with van der Waals surface area (Å²) in [6.07, 6.45) is 5.86. The predicted molar refractivity (Wildman–Crippen MR) is 102 cm³/mol. The number of nitrogens with one attached hydrogen (secondary N) is 1. The molecule has 0 bridgehead atoms. The van der Waals surface area contributed by atoms with Gasteiger partial charge >= 0.3 is 11.9 Å². The maximum absolute atomic E-state index is 11.9. The number of carbonyl (C=O) groups excluding carboxylic acids is 2. The maximum atomic E-state index is 11.9. The van der Waals surface area contributed by atoms with Crippen molar-refractivity contribution < 1.29 is 19.1 Å². The van der Waals surface area contributed by atoms with Crippen LogP contribution < -0.4 is 5.32 Å². The van der Waals surface area contributed by atoms with Crippen molar-refractivity contribution in [3.63, 3.8) is 0 Å². The molecule has 26 heavy (non-hydrogen) atoms. The number of terminal acetylenes is 1. The van der Waals surface area contributed by atoms with Gasteiger partial charge in [0.25, 0.3) is 0 Å². The zero-order valence-electron chi connectivity index (χ0n) is 16.8. The van der Waals surface area contributed by atoms with Gasteiger partial charge in [-0.1, -0.05) is 5.92 Å². The number of carbonyl (C=O) groups is 2. The molecule has 1 N–H and O–H groups in total. The zero-order valence-corrected chi connectivity index (χ0v) is 16.8. The Bertz CT molecular complexity index is 736. The molecule has 0 amide bonds. The minimum Gasteiger partial charge on any atom is -0.469 e. The Kier molecular flexibility index (Phi) is 7.41. The van der Waals surface area contributed by atoms with Gasteiger partial charge in [-0.2, -0.15) is 0 Å². The molecule has 0 aliphatic rings. The van der Waals surface area contributed by atoms with Crippen LogP contribution in [0, 0.1) is 33.1 Å². The Labute approximate surface area is 156 Å². The maximum Gasteiger partial charge on any atom is 0.320 e. The third kappa shape index (κ3) is 5.60. The second-order valence-electron chi connectivity index (χ2n) is 7.29. The van der Waals surface area contributed by atoms with Gasteiger partial charge < -0.3 is 14.8 Å². The van der Waals surface area contributed by atoms with E-state index >= 15 is 0 Å². The first-order valence-electron chi connectivity index (χ1n) is 8.59. The zero-order chi connectivity index (χ0) is 20.1. The first kappa shape index (κ1) is 21.7. The first-order valence-corrected chi connectivity index (χ1v) is 8.59. The van der Waals surface area contributed by atoms with Crippen molar-refractivity contribution in [1.29, 1.82) is 0 Å². The first-order chi connectivity index (χ1) is 12.0. The van der Waals surface area contributed by atoms with Crippen molar-refractivity contribution >= 4 is 11.9 Å². The van der Waals surface area contributed by atoms with Gasteiger partial charge in [0.15, 0.2) is 0 Å². The van der Waals surface area contributed by atoms with E-state index < -0.39 is 5.60 Å². The highest BCUT2D eigenvalue weighted by Gasteiger charge is 2.19. The molecule has 1 aromatic carbocycles. The van der Waals surface area contributed by atoms with Crippen molar-refractivity contribution in [2.75, 3.05) is 13.7 Å². The summed E-state index contributed by atoms with van der Waals surface area (Å²) in [6, 6.07) is 0. The van der Waals surface area contributed by atoms with Gasteiger partial charge in [-0.25, -0.2) is 0 Å². The van der Waals surface area contributed by atoms with Crippen LogP contribution >= 0.6 is 0 Å². The molecule has 0 aromatic heterocycles. The standard InChI is InChI=1S/C21H29NO4/c1-9-16-13(2)17(10-19(23)25-8)15(4)18(14(16)3)11-22-12-20(24)26-21(5,6)7/h1,22H,10-12H2,2-8H3. The van der Waals surface area contributed by atoms with Gasteiger partial charge in [-0.3, -0.25) is 9.59 Å². The molecule has 0 saturated carbocycles. The summed E-state index contributed by atoms with van der Waals surface area (Å²) in [4.78, 5) is 23.6. The van der Waals surface area contributed by atoms with Crippen molar-refractivity contribution in [3.05, 3.63) is 33.4 Å². The molecular weight excluding hydrogens is 330 g/mol. The average Bonchev–Trinajstić information content (AvgIpc) is 2.53. The van der Waals surface area contributed by atoms with Crippen LogP contribution in [0.5, 0.6) is 0 Å². The number of ether oxygens (including phenoxy) is 2. The Morgan fingerprint density at radius 3 is 2.12 bits per heavy atom. The van der Waals surface area contributed by atoms with Crippen LogP contribution in [0.15, 0.2) is 0 Å². The van der Waals surface area contributed by atoms with E-state index in [4.69, 9.17) is 15.9 Å². The molecule has 0 aliphatic carbocycles. The SMILES string of the molecule is C#Cc1c(C)c(CNCC(=O)OC(C)(C)C)c(C)c(CC(=O)OC)c1C. The van der Waals surface area contributed by atoms with Crippen LogP contribution in [0.4, 0.5) is 0 Å². The Morgan fingerprint density at radius 1 is 1.04 bits per heavy atom.